The van der Waals surface area contributed by atoms with Gasteiger partial charge in [-0.1, -0.05) is 24.4 Å². The van der Waals surface area contributed by atoms with Gasteiger partial charge < -0.3 is 19.6 Å². The van der Waals surface area contributed by atoms with E-state index in [9.17, 15) is 4.79 Å². The second kappa shape index (κ2) is 9.73. The van der Waals surface area contributed by atoms with E-state index in [2.05, 4.69) is 37.3 Å². The standard InChI is InChI=1S/C22H34N6O2/c1-16-19-20(24-15-25-22(19)30-26-16)28-13-6-8-17(14-28)21(29)23-11-7-12-27(2)18-9-4-3-5-10-18/h15,17-18H,3-14H2,1-2H3,(H,23,29)/t17-/m0/s1. The lowest BCUT2D eigenvalue weighted by Crippen LogP contribution is -2.44. The van der Waals surface area contributed by atoms with Crippen LogP contribution in [0.4, 0.5) is 5.82 Å². The Morgan fingerprint density at radius 1 is 1.23 bits per heavy atom. The number of rotatable bonds is 7. The van der Waals surface area contributed by atoms with E-state index in [0.29, 0.717) is 12.3 Å². The molecular formula is C22H34N6O2. The Labute approximate surface area is 178 Å². The van der Waals surface area contributed by atoms with E-state index in [1.54, 1.807) is 0 Å². The highest BCUT2D eigenvalue weighted by atomic mass is 16.5. The van der Waals surface area contributed by atoms with Gasteiger partial charge in [-0.15, -0.1) is 0 Å². The van der Waals surface area contributed by atoms with Crippen molar-refractivity contribution in [1.82, 2.24) is 25.3 Å². The van der Waals surface area contributed by atoms with Crippen molar-refractivity contribution in [2.24, 2.45) is 5.92 Å². The lowest BCUT2D eigenvalue weighted by Gasteiger charge is -2.33. The number of carbonyl (C=O) groups excluding carboxylic acids is 1. The van der Waals surface area contributed by atoms with Gasteiger partial charge in [0.05, 0.1) is 11.6 Å². The Balaban J connectivity index is 1.27. The zero-order valence-electron chi connectivity index (χ0n) is 18.3. The van der Waals surface area contributed by atoms with Crippen LogP contribution < -0.4 is 10.2 Å². The summed E-state index contributed by atoms with van der Waals surface area (Å²) in [5, 5.41) is 8.04. The third kappa shape index (κ3) is 4.74. The molecule has 0 spiro atoms. The molecule has 3 heterocycles. The molecule has 1 aliphatic carbocycles. The molecule has 4 rings (SSSR count). The van der Waals surface area contributed by atoms with Crippen LogP contribution in [0.5, 0.6) is 0 Å². The first kappa shape index (κ1) is 21.0. The minimum absolute atomic E-state index is 0.0139. The summed E-state index contributed by atoms with van der Waals surface area (Å²) in [7, 11) is 2.23. The second-order valence-corrected chi connectivity index (χ2v) is 8.85. The highest BCUT2D eigenvalue weighted by Crippen LogP contribution is 2.29. The third-order valence-corrected chi connectivity index (χ3v) is 6.70. The van der Waals surface area contributed by atoms with Crippen LogP contribution in [0.1, 0.15) is 57.1 Å². The van der Waals surface area contributed by atoms with Gasteiger partial charge in [-0.3, -0.25) is 4.79 Å². The predicted octanol–water partition coefficient (Wildman–Crippen LogP) is 2.91. The summed E-state index contributed by atoms with van der Waals surface area (Å²) in [6, 6.07) is 0.729. The monoisotopic (exact) mass is 414 g/mol. The molecule has 2 aromatic rings. The highest BCUT2D eigenvalue weighted by molar-refractivity contribution is 5.88. The van der Waals surface area contributed by atoms with Gasteiger partial charge >= 0.3 is 0 Å². The van der Waals surface area contributed by atoms with Crippen molar-refractivity contribution in [3.8, 4) is 0 Å². The van der Waals surface area contributed by atoms with Crippen molar-refractivity contribution in [2.45, 2.75) is 64.3 Å². The average Bonchev–Trinajstić information content (AvgIpc) is 3.18. The van der Waals surface area contributed by atoms with E-state index >= 15 is 0 Å². The number of fused-ring (bicyclic) bond motifs is 1. The topological polar surface area (TPSA) is 87.4 Å². The van der Waals surface area contributed by atoms with E-state index in [1.807, 2.05) is 6.92 Å². The molecule has 2 fully saturated rings. The molecule has 0 bridgehead atoms. The van der Waals surface area contributed by atoms with Crippen molar-refractivity contribution >= 4 is 22.8 Å². The second-order valence-electron chi connectivity index (χ2n) is 8.85. The zero-order chi connectivity index (χ0) is 20.9. The lowest BCUT2D eigenvalue weighted by atomic mass is 9.94. The van der Waals surface area contributed by atoms with Crippen LogP contribution >= 0.6 is 0 Å². The quantitative estimate of drug-likeness (QED) is 0.697. The number of nitrogens with one attached hydrogen (secondary N) is 1. The van der Waals surface area contributed by atoms with Gasteiger partial charge in [0.25, 0.3) is 5.71 Å². The summed E-state index contributed by atoms with van der Waals surface area (Å²) in [6.45, 7) is 5.25. The van der Waals surface area contributed by atoms with E-state index < -0.39 is 0 Å². The van der Waals surface area contributed by atoms with Crippen molar-refractivity contribution in [1.29, 1.82) is 0 Å². The van der Waals surface area contributed by atoms with Crippen LogP contribution in [0, 0.1) is 12.8 Å². The number of anilines is 1. The summed E-state index contributed by atoms with van der Waals surface area (Å²) in [5.74, 6) is 0.970. The number of hydrogen-bond acceptors (Lipinski definition) is 7. The maximum atomic E-state index is 12.8. The molecule has 0 aromatic carbocycles. The lowest BCUT2D eigenvalue weighted by molar-refractivity contribution is -0.125. The smallest absolute Gasteiger partial charge is 0.263 e. The molecule has 164 valence electrons. The van der Waals surface area contributed by atoms with Gasteiger partial charge in [-0.2, -0.15) is 4.98 Å². The van der Waals surface area contributed by atoms with Gasteiger partial charge in [0, 0.05) is 25.7 Å². The molecule has 30 heavy (non-hydrogen) atoms. The van der Waals surface area contributed by atoms with Gasteiger partial charge in [-0.05, 0) is 52.6 Å². The molecule has 1 aliphatic heterocycles. The SMILES string of the molecule is Cc1noc2ncnc(N3CCC[C@H](C(=O)NCCCN(C)C4CCCCC4)C3)c12. The Morgan fingerprint density at radius 3 is 2.90 bits per heavy atom. The minimum Gasteiger partial charge on any atom is -0.356 e. The first-order valence-electron chi connectivity index (χ1n) is 11.4. The largest absolute Gasteiger partial charge is 0.356 e. The molecular weight excluding hydrogens is 380 g/mol. The fraction of sp³-hybridized carbons (Fsp3) is 0.727. The number of nitrogens with zero attached hydrogens (tertiary/aromatic N) is 5. The van der Waals surface area contributed by atoms with Crippen LogP contribution in [0.25, 0.3) is 11.1 Å². The van der Waals surface area contributed by atoms with Crippen molar-refractivity contribution < 1.29 is 9.32 Å². The normalized spacial score (nSPS) is 20.8. The molecule has 1 amide bonds. The van der Waals surface area contributed by atoms with Crippen molar-refractivity contribution in [3.05, 3.63) is 12.0 Å². The van der Waals surface area contributed by atoms with E-state index in [-0.39, 0.29) is 11.8 Å². The molecule has 8 heteroatoms. The highest BCUT2D eigenvalue weighted by Gasteiger charge is 2.28. The molecule has 0 radical (unpaired) electrons. The van der Waals surface area contributed by atoms with E-state index in [1.165, 1.54) is 38.4 Å². The molecule has 1 N–H and O–H groups in total. The van der Waals surface area contributed by atoms with E-state index in [4.69, 9.17) is 4.52 Å². The fourth-order valence-corrected chi connectivity index (χ4v) is 4.92. The van der Waals surface area contributed by atoms with Crippen LogP contribution in [-0.4, -0.2) is 65.2 Å². The van der Waals surface area contributed by atoms with Crippen molar-refractivity contribution in [3.63, 3.8) is 0 Å². The molecule has 1 atom stereocenters. The molecule has 2 aliphatic rings. The fourth-order valence-electron chi connectivity index (χ4n) is 4.92. The van der Waals surface area contributed by atoms with Crippen LogP contribution in [0.3, 0.4) is 0 Å². The number of aryl methyl sites for hydroxylation is 1. The van der Waals surface area contributed by atoms with Gasteiger partial charge in [0.15, 0.2) is 0 Å². The average molecular weight is 415 g/mol. The first-order chi connectivity index (χ1) is 14.6. The van der Waals surface area contributed by atoms with Crippen LogP contribution in [-0.2, 0) is 4.79 Å². The Kier molecular flexibility index (Phi) is 6.82. The molecule has 0 unspecified atom stereocenters. The number of hydrogen-bond donors (Lipinski definition) is 1. The first-order valence-corrected chi connectivity index (χ1v) is 11.4. The Hall–Kier alpha value is -2.22. The molecule has 8 nitrogen and oxygen atoms in total. The predicted molar refractivity (Wildman–Crippen MR) is 116 cm³/mol. The van der Waals surface area contributed by atoms with Crippen molar-refractivity contribution in [2.75, 3.05) is 38.1 Å². The van der Waals surface area contributed by atoms with Crippen LogP contribution in [0.2, 0.25) is 0 Å². The number of carbonyl (C=O) groups is 1. The maximum Gasteiger partial charge on any atom is 0.263 e. The third-order valence-electron chi connectivity index (χ3n) is 6.70. The van der Waals surface area contributed by atoms with Gasteiger partial charge in [0.2, 0.25) is 5.91 Å². The zero-order valence-corrected chi connectivity index (χ0v) is 18.3. The molecule has 1 saturated heterocycles. The summed E-state index contributed by atoms with van der Waals surface area (Å²) in [6.07, 6.45) is 11.1. The molecule has 2 aromatic heterocycles. The maximum absolute atomic E-state index is 12.8. The Bertz CT molecular complexity index is 847. The summed E-state index contributed by atoms with van der Waals surface area (Å²) >= 11 is 0. The summed E-state index contributed by atoms with van der Waals surface area (Å²) < 4.78 is 5.27. The Morgan fingerprint density at radius 2 is 2.07 bits per heavy atom. The van der Waals surface area contributed by atoms with Crippen LogP contribution in [0.15, 0.2) is 10.9 Å². The van der Waals surface area contributed by atoms with E-state index in [0.717, 1.165) is 61.8 Å². The minimum atomic E-state index is -0.0139. The summed E-state index contributed by atoms with van der Waals surface area (Å²) in [5.41, 5.74) is 1.29. The van der Waals surface area contributed by atoms with Gasteiger partial charge in [0.1, 0.15) is 17.5 Å². The number of aromatic nitrogens is 3. The number of amides is 1. The summed E-state index contributed by atoms with van der Waals surface area (Å²) in [4.78, 5) is 26.1. The van der Waals surface area contributed by atoms with Gasteiger partial charge in [-0.25, -0.2) is 4.98 Å². The number of piperidine rings is 1. The molecule has 1 saturated carbocycles.